The van der Waals surface area contributed by atoms with Crippen molar-refractivity contribution in [2.24, 2.45) is 5.41 Å². The summed E-state index contributed by atoms with van der Waals surface area (Å²) in [7, 11) is 2.21. The second kappa shape index (κ2) is 9.17. The lowest BCUT2D eigenvalue weighted by Gasteiger charge is -2.36. The van der Waals surface area contributed by atoms with E-state index >= 15 is 0 Å². The fraction of sp³-hybridized carbons (Fsp3) is 0.419. The molecule has 2 aromatic heterocycles. The van der Waals surface area contributed by atoms with Crippen LogP contribution in [0.5, 0.6) is 5.75 Å². The topological polar surface area (TPSA) is 97.5 Å². The maximum Gasteiger partial charge on any atom is 0.278 e. The first-order valence-electron chi connectivity index (χ1n) is 14.6. The van der Waals surface area contributed by atoms with Crippen molar-refractivity contribution in [3.8, 4) is 11.4 Å². The van der Waals surface area contributed by atoms with E-state index < -0.39 is 0 Å². The fourth-order valence-corrected chi connectivity index (χ4v) is 7.09. The van der Waals surface area contributed by atoms with Gasteiger partial charge < -0.3 is 19.9 Å². The van der Waals surface area contributed by atoms with E-state index in [2.05, 4.69) is 34.4 Å². The summed E-state index contributed by atoms with van der Waals surface area (Å²) in [6.45, 7) is 3.20. The number of amides is 1. The van der Waals surface area contributed by atoms with Crippen LogP contribution in [-0.4, -0.2) is 63.4 Å². The highest BCUT2D eigenvalue weighted by atomic mass is 16.5. The maximum atomic E-state index is 13.6. The number of carbonyl (C=O) groups is 1. The number of likely N-dealkylation sites (N-methyl/N-ethyl adjacent to an activating group) is 1. The number of fused-ring (bicyclic) bond motifs is 6. The molecule has 1 spiro atoms. The molecule has 2 aliphatic carbocycles. The van der Waals surface area contributed by atoms with Crippen molar-refractivity contribution in [3.63, 3.8) is 0 Å². The molecule has 0 saturated heterocycles. The van der Waals surface area contributed by atoms with Gasteiger partial charge in [0.05, 0.1) is 17.9 Å². The number of ether oxygens (including phenoxy) is 1. The van der Waals surface area contributed by atoms with E-state index in [1.165, 1.54) is 25.0 Å². The highest BCUT2D eigenvalue weighted by molar-refractivity contribution is 5.98. The molecule has 0 atom stereocenters. The molecule has 8 rings (SSSR count). The molecular formula is C31H33N7O3. The average Bonchev–Trinajstić information content (AvgIpc) is 3.66. The highest BCUT2D eigenvalue weighted by Crippen LogP contribution is 2.57. The fourth-order valence-electron chi connectivity index (χ4n) is 7.09. The van der Waals surface area contributed by atoms with Crippen LogP contribution in [0.15, 0.2) is 64.3 Å². The zero-order valence-electron chi connectivity index (χ0n) is 23.2. The van der Waals surface area contributed by atoms with Gasteiger partial charge in [-0.3, -0.25) is 9.59 Å². The van der Waals surface area contributed by atoms with E-state index in [-0.39, 0.29) is 18.1 Å². The van der Waals surface area contributed by atoms with Gasteiger partial charge in [-0.05, 0) is 75.4 Å². The van der Waals surface area contributed by atoms with Gasteiger partial charge in [-0.2, -0.15) is 4.98 Å². The summed E-state index contributed by atoms with van der Waals surface area (Å²) >= 11 is 0. The van der Waals surface area contributed by atoms with E-state index in [0.29, 0.717) is 41.2 Å². The first kappa shape index (κ1) is 24.6. The Kier molecular flexibility index (Phi) is 5.50. The summed E-state index contributed by atoms with van der Waals surface area (Å²) in [6, 6.07) is 5.71. The molecule has 5 heterocycles. The highest BCUT2D eigenvalue weighted by Gasteiger charge is 2.49. The number of aromatic nitrogens is 4. The minimum Gasteiger partial charge on any atom is -0.482 e. The second-order valence-electron chi connectivity index (χ2n) is 12.0. The zero-order chi connectivity index (χ0) is 27.7. The largest absolute Gasteiger partial charge is 0.482 e. The number of rotatable bonds is 2. The predicted molar refractivity (Wildman–Crippen MR) is 156 cm³/mol. The first-order chi connectivity index (χ1) is 20.0. The summed E-state index contributed by atoms with van der Waals surface area (Å²) < 4.78 is 9.26. The van der Waals surface area contributed by atoms with Crippen molar-refractivity contribution in [1.82, 2.24) is 24.2 Å². The molecule has 1 aromatic carbocycles. The lowest BCUT2D eigenvalue weighted by molar-refractivity contribution is -0.121. The summed E-state index contributed by atoms with van der Waals surface area (Å²) in [6.07, 6.45) is 14.2. The number of hydrogen-bond acceptors (Lipinski definition) is 7. The van der Waals surface area contributed by atoms with Crippen LogP contribution < -0.4 is 20.5 Å². The number of allylic oxidation sites excluding steroid dienone is 3. The van der Waals surface area contributed by atoms with Crippen LogP contribution in [0.3, 0.4) is 0 Å². The van der Waals surface area contributed by atoms with Crippen molar-refractivity contribution < 1.29 is 9.53 Å². The molecule has 2 bridgehead atoms. The standard InChI is InChI=1S/C31H33N7O3/c1-35-17-20-14-21(6-8-24(20)31(19-35)10-11-31)33-30-32-16-23-28(34-30)38-22-7-9-26-25(15-22)36(27(39)18-41-26)12-4-2-3-5-13-37(38)29(23)40/h3,5,7,9,14-16H,2,4,6,8,10-13,17-19H2,1H3,(H,32,33,34)/b5-3-. The Balaban J connectivity index is 1.22. The monoisotopic (exact) mass is 551 g/mol. The number of carbonyl (C=O) groups excluding carboxylic acids is 1. The van der Waals surface area contributed by atoms with Crippen LogP contribution in [0.4, 0.5) is 11.6 Å². The summed E-state index contributed by atoms with van der Waals surface area (Å²) in [5, 5.41) is 3.93. The molecule has 1 N–H and O–H groups in total. The third-order valence-electron chi connectivity index (χ3n) is 9.16. The van der Waals surface area contributed by atoms with Gasteiger partial charge in [0.2, 0.25) is 5.95 Å². The predicted octanol–water partition coefficient (Wildman–Crippen LogP) is 3.77. The van der Waals surface area contributed by atoms with Gasteiger partial charge in [-0.1, -0.05) is 17.7 Å². The van der Waals surface area contributed by atoms with Crippen molar-refractivity contribution in [2.45, 2.75) is 45.1 Å². The first-order valence-corrected chi connectivity index (χ1v) is 14.6. The molecule has 1 saturated carbocycles. The molecule has 3 aromatic rings. The minimum atomic E-state index is -0.151. The lowest BCUT2D eigenvalue weighted by Crippen LogP contribution is -2.39. The smallest absolute Gasteiger partial charge is 0.278 e. The van der Waals surface area contributed by atoms with Crippen molar-refractivity contribution in [2.75, 3.05) is 43.5 Å². The Morgan fingerprint density at radius 2 is 2.02 bits per heavy atom. The normalized spacial score (nSPS) is 22.3. The second-order valence-corrected chi connectivity index (χ2v) is 12.0. The van der Waals surface area contributed by atoms with E-state index in [9.17, 15) is 9.59 Å². The molecule has 3 aliphatic heterocycles. The maximum absolute atomic E-state index is 13.6. The Bertz CT molecular complexity index is 1760. The molecule has 1 amide bonds. The van der Waals surface area contributed by atoms with Crippen LogP contribution in [0.1, 0.15) is 38.5 Å². The summed E-state index contributed by atoms with van der Waals surface area (Å²) in [5.41, 5.74) is 6.43. The van der Waals surface area contributed by atoms with E-state index in [1.807, 2.05) is 29.0 Å². The molecule has 10 heteroatoms. The number of nitrogens with zero attached hydrogens (tertiary/aromatic N) is 6. The van der Waals surface area contributed by atoms with Crippen LogP contribution in [0.2, 0.25) is 0 Å². The molecule has 41 heavy (non-hydrogen) atoms. The summed E-state index contributed by atoms with van der Waals surface area (Å²) in [5.74, 6) is 1.08. The van der Waals surface area contributed by atoms with Crippen molar-refractivity contribution >= 4 is 28.6 Å². The van der Waals surface area contributed by atoms with Gasteiger partial charge in [0.1, 0.15) is 11.1 Å². The van der Waals surface area contributed by atoms with Crippen molar-refractivity contribution in [1.29, 1.82) is 0 Å². The van der Waals surface area contributed by atoms with Gasteiger partial charge in [0.15, 0.2) is 12.3 Å². The molecule has 10 nitrogen and oxygen atoms in total. The molecule has 1 fully saturated rings. The SMILES string of the molecule is CN1CC2=C(CCC(Nc3ncc4c(=O)n5n(c4n3)-c3ccc4c(c3)N(CCC/C=C\C5)C(=O)CO4)=C2)C2(CC2)C1. The lowest BCUT2D eigenvalue weighted by atomic mass is 9.81. The Morgan fingerprint density at radius 3 is 2.90 bits per heavy atom. The molecule has 210 valence electrons. The van der Waals surface area contributed by atoms with Crippen LogP contribution in [0.25, 0.3) is 16.7 Å². The molecule has 0 unspecified atom stereocenters. The van der Waals surface area contributed by atoms with Gasteiger partial charge in [-0.25, -0.2) is 14.3 Å². The van der Waals surface area contributed by atoms with Crippen molar-refractivity contribution in [3.05, 3.63) is 69.8 Å². The van der Waals surface area contributed by atoms with Crippen LogP contribution >= 0.6 is 0 Å². The molecule has 0 radical (unpaired) electrons. The van der Waals surface area contributed by atoms with Gasteiger partial charge in [-0.15, -0.1) is 0 Å². The minimum absolute atomic E-state index is 0.0348. The Hall–Kier alpha value is -4.18. The van der Waals surface area contributed by atoms with E-state index in [1.54, 1.807) is 21.4 Å². The Labute approximate surface area is 237 Å². The third-order valence-corrected chi connectivity index (χ3v) is 9.16. The van der Waals surface area contributed by atoms with Crippen LogP contribution in [0, 0.1) is 5.41 Å². The van der Waals surface area contributed by atoms with Crippen LogP contribution in [-0.2, 0) is 11.3 Å². The number of hydrogen-bond donors (Lipinski definition) is 1. The number of benzene rings is 1. The number of nitrogens with one attached hydrogen (secondary N) is 1. The Morgan fingerprint density at radius 1 is 1.12 bits per heavy atom. The zero-order valence-corrected chi connectivity index (χ0v) is 23.2. The quantitative estimate of drug-likeness (QED) is 0.485. The molecular weight excluding hydrogens is 518 g/mol. The average molecular weight is 552 g/mol. The van der Waals surface area contributed by atoms with Gasteiger partial charge in [0.25, 0.3) is 11.5 Å². The van der Waals surface area contributed by atoms with Gasteiger partial charge in [0, 0.05) is 36.9 Å². The molecule has 5 aliphatic rings. The summed E-state index contributed by atoms with van der Waals surface area (Å²) in [4.78, 5) is 40.0. The van der Waals surface area contributed by atoms with Gasteiger partial charge >= 0.3 is 0 Å². The third kappa shape index (κ3) is 4.03. The number of anilines is 2. The van der Waals surface area contributed by atoms with E-state index in [0.717, 1.165) is 49.3 Å². The van der Waals surface area contributed by atoms with E-state index in [4.69, 9.17) is 9.72 Å².